The van der Waals surface area contributed by atoms with Gasteiger partial charge in [0.15, 0.2) is 5.82 Å². The summed E-state index contributed by atoms with van der Waals surface area (Å²) in [6.07, 6.45) is 1.70. The summed E-state index contributed by atoms with van der Waals surface area (Å²) in [7, 11) is 0. The largest absolute Gasteiger partial charge is 0.383 e. The van der Waals surface area contributed by atoms with E-state index in [1.54, 1.807) is 10.8 Å². The van der Waals surface area contributed by atoms with Gasteiger partial charge in [0.2, 0.25) is 5.95 Å². The molecule has 0 unspecified atom stereocenters. The number of fused-ring (bicyclic) bond motifs is 1. The number of hydrogen-bond donors (Lipinski definition) is 2. The molecular formula is C12H11N5. The highest BCUT2D eigenvalue weighted by molar-refractivity contribution is 5.73. The molecule has 2 heterocycles. The van der Waals surface area contributed by atoms with Crippen LogP contribution in [0.5, 0.6) is 0 Å². The molecule has 0 bridgehead atoms. The lowest BCUT2D eigenvalue weighted by molar-refractivity contribution is 0.987. The summed E-state index contributed by atoms with van der Waals surface area (Å²) in [6, 6.07) is 11.5. The van der Waals surface area contributed by atoms with Gasteiger partial charge in [0, 0.05) is 6.20 Å². The molecule has 5 heteroatoms. The molecule has 0 saturated carbocycles. The van der Waals surface area contributed by atoms with Gasteiger partial charge in [-0.3, -0.25) is 4.57 Å². The number of benzene rings is 1. The standard InChI is InChI=1S/C12H11N5/c13-10-9-6-7-15-11(9)17(12(14)16-10)8-4-2-1-3-5-8/h1-7H,13H2,(H2,14,16). The Morgan fingerprint density at radius 3 is 2.53 bits per heavy atom. The Balaban J connectivity index is 2.34. The molecule has 0 saturated heterocycles. The van der Waals surface area contributed by atoms with Gasteiger partial charge in [-0.1, -0.05) is 18.2 Å². The van der Waals surface area contributed by atoms with Crippen molar-refractivity contribution in [2.24, 2.45) is 0 Å². The van der Waals surface area contributed by atoms with Crippen molar-refractivity contribution >= 4 is 11.8 Å². The van der Waals surface area contributed by atoms with E-state index >= 15 is 0 Å². The number of nitrogens with zero attached hydrogens (tertiary/aromatic N) is 3. The first kappa shape index (κ1) is 9.65. The molecule has 2 aliphatic rings. The maximum atomic E-state index is 5.91. The second-order valence-corrected chi connectivity index (χ2v) is 3.71. The number of anilines is 2. The molecule has 84 valence electrons. The minimum atomic E-state index is 0.333. The summed E-state index contributed by atoms with van der Waals surface area (Å²) < 4.78 is 1.78. The predicted molar refractivity (Wildman–Crippen MR) is 66.8 cm³/mol. The Labute approximate surface area is 98.1 Å². The fourth-order valence-electron chi connectivity index (χ4n) is 1.88. The van der Waals surface area contributed by atoms with Crippen molar-refractivity contribution in [3.05, 3.63) is 42.6 Å². The van der Waals surface area contributed by atoms with Crippen LogP contribution in [0, 0.1) is 0 Å². The highest BCUT2D eigenvalue weighted by Gasteiger charge is 2.17. The molecule has 0 aromatic heterocycles. The van der Waals surface area contributed by atoms with E-state index in [9.17, 15) is 0 Å². The number of aromatic nitrogens is 3. The van der Waals surface area contributed by atoms with Crippen LogP contribution >= 0.6 is 0 Å². The zero-order valence-electron chi connectivity index (χ0n) is 9.04. The molecule has 0 radical (unpaired) electrons. The number of nitrogens with two attached hydrogens (primary N) is 2. The van der Waals surface area contributed by atoms with Gasteiger partial charge in [0.25, 0.3) is 0 Å². The fourth-order valence-corrected chi connectivity index (χ4v) is 1.88. The molecule has 4 N–H and O–H groups in total. The molecular weight excluding hydrogens is 214 g/mol. The van der Waals surface area contributed by atoms with Crippen LogP contribution < -0.4 is 11.5 Å². The van der Waals surface area contributed by atoms with Gasteiger partial charge in [0.1, 0.15) is 5.82 Å². The van der Waals surface area contributed by atoms with E-state index in [2.05, 4.69) is 9.97 Å². The van der Waals surface area contributed by atoms with E-state index in [-0.39, 0.29) is 0 Å². The first-order valence-electron chi connectivity index (χ1n) is 5.21. The van der Waals surface area contributed by atoms with E-state index in [0.29, 0.717) is 11.8 Å². The minimum absolute atomic E-state index is 0.333. The second-order valence-electron chi connectivity index (χ2n) is 3.71. The average Bonchev–Trinajstić information content (AvgIpc) is 2.79. The van der Waals surface area contributed by atoms with Crippen LogP contribution in [-0.2, 0) is 0 Å². The molecule has 0 fully saturated rings. The van der Waals surface area contributed by atoms with Crippen molar-refractivity contribution in [3.63, 3.8) is 0 Å². The normalized spacial score (nSPS) is 10.8. The van der Waals surface area contributed by atoms with Gasteiger partial charge in [0.05, 0.1) is 11.3 Å². The van der Waals surface area contributed by atoms with Crippen molar-refractivity contribution < 1.29 is 0 Å². The third kappa shape index (κ3) is 1.40. The first-order chi connectivity index (χ1) is 8.27. The molecule has 5 nitrogen and oxygen atoms in total. The number of rotatable bonds is 1. The second kappa shape index (κ2) is 3.48. The number of hydrogen-bond acceptors (Lipinski definition) is 4. The molecule has 17 heavy (non-hydrogen) atoms. The predicted octanol–water partition coefficient (Wildman–Crippen LogP) is 1.54. The molecule has 0 spiro atoms. The Morgan fingerprint density at radius 2 is 1.76 bits per heavy atom. The lowest BCUT2D eigenvalue weighted by atomic mass is 10.2. The highest BCUT2D eigenvalue weighted by atomic mass is 15.2. The summed E-state index contributed by atoms with van der Waals surface area (Å²) in [5, 5.41) is 0. The monoisotopic (exact) mass is 225 g/mol. The van der Waals surface area contributed by atoms with Crippen molar-refractivity contribution in [2.75, 3.05) is 11.5 Å². The van der Waals surface area contributed by atoms with Crippen LogP contribution in [0.3, 0.4) is 0 Å². The Hall–Kier alpha value is -2.56. The Kier molecular flexibility index (Phi) is 1.98. The zero-order valence-corrected chi connectivity index (χ0v) is 9.04. The van der Waals surface area contributed by atoms with Gasteiger partial charge in [-0.15, -0.1) is 0 Å². The molecule has 1 aromatic rings. The van der Waals surface area contributed by atoms with Crippen LogP contribution in [0.2, 0.25) is 0 Å². The van der Waals surface area contributed by atoms with Crippen LogP contribution in [0.4, 0.5) is 11.8 Å². The highest BCUT2D eigenvalue weighted by Crippen LogP contribution is 2.29. The SMILES string of the molecule is Nc1nc(N)n(-c2ccccc2)c2nccc1-2. The van der Waals surface area contributed by atoms with Crippen LogP contribution in [-0.4, -0.2) is 14.5 Å². The summed E-state index contributed by atoms with van der Waals surface area (Å²) in [4.78, 5) is 8.41. The van der Waals surface area contributed by atoms with Gasteiger partial charge in [-0.2, -0.15) is 4.98 Å². The third-order valence-electron chi connectivity index (χ3n) is 2.65. The van der Waals surface area contributed by atoms with Crippen molar-refractivity contribution in [1.82, 2.24) is 14.5 Å². The lowest BCUT2D eigenvalue weighted by Gasteiger charge is -2.15. The summed E-state index contributed by atoms with van der Waals surface area (Å²) >= 11 is 0. The smallest absolute Gasteiger partial charge is 0.208 e. The Bertz CT molecular complexity index is 629. The third-order valence-corrected chi connectivity index (χ3v) is 2.65. The van der Waals surface area contributed by atoms with E-state index < -0.39 is 0 Å². The van der Waals surface area contributed by atoms with Gasteiger partial charge in [-0.05, 0) is 18.2 Å². The molecule has 1 aromatic carbocycles. The van der Waals surface area contributed by atoms with E-state index in [1.807, 2.05) is 36.4 Å². The maximum absolute atomic E-state index is 5.91. The van der Waals surface area contributed by atoms with E-state index in [0.717, 1.165) is 17.1 Å². The zero-order chi connectivity index (χ0) is 11.8. The first-order valence-corrected chi connectivity index (χ1v) is 5.21. The summed E-state index contributed by atoms with van der Waals surface area (Å²) in [6.45, 7) is 0. The van der Waals surface area contributed by atoms with E-state index in [1.165, 1.54) is 0 Å². The Morgan fingerprint density at radius 1 is 1.00 bits per heavy atom. The maximum Gasteiger partial charge on any atom is 0.208 e. The number of nitrogen functional groups attached to an aromatic ring is 2. The molecule has 2 aliphatic heterocycles. The van der Waals surface area contributed by atoms with Crippen LogP contribution in [0.15, 0.2) is 42.6 Å². The minimum Gasteiger partial charge on any atom is -0.383 e. The quantitative estimate of drug-likeness (QED) is 0.658. The molecule has 0 atom stereocenters. The molecule has 0 amide bonds. The van der Waals surface area contributed by atoms with Gasteiger partial charge >= 0.3 is 0 Å². The summed E-state index contributed by atoms with van der Waals surface area (Å²) in [5.74, 6) is 1.46. The molecule has 0 aliphatic carbocycles. The number of para-hydroxylation sites is 1. The average molecular weight is 225 g/mol. The van der Waals surface area contributed by atoms with Crippen LogP contribution in [0.25, 0.3) is 17.1 Å². The molecule has 3 rings (SSSR count). The van der Waals surface area contributed by atoms with E-state index in [4.69, 9.17) is 11.5 Å². The van der Waals surface area contributed by atoms with Crippen molar-refractivity contribution in [2.45, 2.75) is 0 Å². The van der Waals surface area contributed by atoms with Crippen LogP contribution in [0.1, 0.15) is 0 Å². The topological polar surface area (TPSA) is 82.7 Å². The van der Waals surface area contributed by atoms with Crippen molar-refractivity contribution in [1.29, 1.82) is 0 Å². The van der Waals surface area contributed by atoms with Gasteiger partial charge in [-0.25, -0.2) is 4.98 Å². The fraction of sp³-hybridized carbons (Fsp3) is 0. The van der Waals surface area contributed by atoms with Crippen molar-refractivity contribution in [3.8, 4) is 17.1 Å². The lowest BCUT2D eigenvalue weighted by Crippen LogP contribution is -2.12. The van der Waals surface area contributed by atoms with Gasteiger partial charge < -0.3 is 11.5 Å². The summed E-state index contributed by atoms with van der Waals surface area (Å²) in [5.41, 5.74) is 13.4.